The van der Waals surface area contributed by atoms with Gasteiger partial charge in [-0.2, -0.15) is 12.6 Å². The maximum atomic E-state index is 10.3. The molecule has 64 valence electrons. The monoisotopic (exact) mass is 178 g/mol. The molecule has 0 aliphatic rings. The number of hydrogen-bond donors (Lipinski definition) is 2. The minimum absolute atomic E-state index is 0.191. The van der Waals surface area contributed by atoms with E-state index in [9.17, 15) is 9.59 Å². The Morgan fingerprint density at radius 2 is 2.18 bits per heavy atom. The summed E-state index contributed by atoms with van der Waals surface area (Å²) in [7, 11) is 0. The number of carbonyl (C=O) groups is 2. The summed E-state index contributed by atoms with van der Waals surface area (Å²) >= 11 is 3.82. The van der Waals surface area contributed by atoms with Crippen molar-refractivity contribution in [1.29, 1.82) is 0 Å². The second-order valence-electron chi connectivity index (χ2n) is 2.01. The number of hydrogen-bond acceptors (Lipinski definition) is 4. The zero-order chi connectivity index (χ0) is 8.85. The van der Waals surface area contributed by atoms with Crippen LogP contribution in [0.4, 0.5) is 0 Å². The van der Waals surface area contributed by atoms with Gasteiger partial charge in [-0.15, -0.1) is 0 Å². The molecule has 11 heavy (non-hydrogen) atoms. The third-order valence-corrected chi connectivity index (χ3v) is 1.35. The highest BCUT2D eigenvalue weighted by molar-refractivity contribution is 7.80. The van der Waals surface area contributed by atoms with Gasteiger partial charge in [-0.1, -0.05) is 0 Å². The summed E-state index contributed by atoms with van der Waals surface area (Å²) in [6.45, 7) is 1.23. The minimum Gasteiger partial charge on any atom is -0.481 e. The fraction of sp³-hybridized carbons (Fsp3) is 0.667. The van der Waals surface area contributed by atoms with Crippen molar-refractivity contribution in [3.8, 4) is 0 Å². The van der Waals surface area contributed by atoms with E-state index in [0.717, 1.165) is 0 Å². The number of esters is 1. The van der Waals surface area contributed by atoms with Gasteiger partial charge in [0.25, 0.3) is 0 Å². The molecule has 0 aliphatic carbocycles. The number of rotatable bonds is 4. The zero-order valence-electron chi connectivity index (χ0n) is 6.11. The van der Waals surface area contributed by atoms with Crippen molar-refractivity contribution >= 4 is 24.6 Å². The Bertz CT molecular complexity index is 141. The molecule has 0 bridgehead atoms. The third-order valence-electron chi connectivity index (χ3n) is 0.939. The number of thiol groups is 1. The normalized spacial score (nSPS) is 12.2. The molecule has 0 fully saturated rings. The Morgan fingerprint density at radius 1 is 1.64 bits per heavy atom. The summed E-state index contributed by atoms with van der Waals surface area (Å²) in [6, 6.07) is 0. The first kappa shape index (κ1) is 10.3. The summed E-state index contributed by atoms with van der Waals surface area (Å²) in [5.74, 6) is -1.25. The quantitative estimate of drug-likeness (QED) is 0.481. The highest BCUT2D eigenvalue weighted by Crippen LogP contribution is 2.01. The molecule has 0 spiro atoms. The summed E-state index contributed by atoms with van der Waals surface area (Å²) in [4.78, 5) is 20.5. The molecule has 0 rings (SSSR count). The van der Waals surface area contributed by atoms with Crippen molar-refractivity contribution < 1.29 is 19.4 Å². The third kappa shape index (κ3) is 5.72. The van der Waals surface area contributed by atoms with Gasteiger partial charge in [0, 0.05) is 12.7 Å². The summed E-state index contributed by atoms with van der Waals surface area (Å²) in [5, 5.41) is 8.30. The Labute approximate surface area is 69.9 Å². The number of carbonyl (C=O) groups excluding carboxylic acids is 1. The van der Waals surface area contributed by atoms with E-state index in [2.05, 4.69) is 17.4 Å². The molecule has 4 nitrogen and oxygen atoms in total. The van der Waals surface area contributed by atoms with Gasteiger partial charge >= 0.3 is 11.9 Å². The maximum Gasteiger partial charge on any atom is 0.307 e. The second kappa shape index (κ2) is 5.01. The molecule has 0 aliphatic heterocycles. The SMILES string of the molecule is CC(=O)O[C@@H](CS)CC(=O)O. The van der Waals surface area contributed by atoms with Gasteiger partial charge in [-0.3, -0.25) is 9.59 Å². The van der Waals surface area contributed by atoms with Crippen LogP contribution in [0.25, 0.3) is 0 Å². The van der Waals surface area contributed by atoms with Crippen molar-refractivity contribution in [1.82, 2.24) is 0 Å². The van der Waals surface area contributed by atoms with Gasteiger partial charge < -0.3 is 9.84 Å². The van der Waals surface area contributed by atoms with Crippen LogP contribution in [-0.4, -0.2) is 28.9 Å². The number of carboxylic acids is 1. The molecular formula is C6H10O4S. The van der Waals surface area contributed by atoms with E-state index in [4.69, 9.17) is 5.11 Å². The Kier molecular flexibility index (Phi) is 4.69. The number of ether oxygens (including phenoxy) is 1. The van der Waals surface area contributed by atoms with Crippen molar-refractivity contribution in [3.63, 3.8) is 0 Å². The Hall–Kier alpha value is -0.710. The lowest BCUT2D eigenvalue weighted by Crippen LogP contribution is -2.21. The summed E-state index contributed by atoms with van der Waals surface area (Å²) in [6.07, 6.45) is -0.809. The fourth-order valence-corrected chi connectivity index (χ4v) is 0.777. The summed E-state index contributed by atoms with van der Waals surface area (Å²) < 4.78 is 4.61. The fourth-order valence-electron chi connectivity index (χ4n) is 0.573. The molecule has 0 aromatic rings. The molecule has 5 heteroatoms. The van der Waals surface area contributed by atoms with Gasteiger partial charge in [0.05, 0.1) is 6.42 Å². The van der Waals surface area contributed by atoms with E-state index < -0.39 is 18.0 Å². The maximum absolute atomic E-state index is 10.3. The molecule has 0 radical (unpaired) electrons. The lowest BCUT2D eigenvalue weighted by Gasteiger charge is -2.10. The standard InChI is InChI=1S/C6H10O4S/c1-4(7)10-5(3-11)2-6(8)9/h5,11H,2-3H2,1H3,(H,8,9)/t5-/m1/s1. The largest absolute Gasteiger partial charge is 0.481 e. The molecule has 0 saturated heterocycles. The van der Waals surface area contributed by atoms with Crippen LogP contribution in [0.2, 0.25) is 0 Å². The highest BCUT2D eigenvalue weighted by Gasteiger charge is 2.13. The molecule has 0 aromatic carbocycles. The van der Waals surface area contributed by atoms with Gasteiger partial charge in [0.15, 0.2) is 0 Å². The van der Waals surface area contributed by atoms with Crippen LogP contribution in [0.5, 0.6) is 0 Å². The number of carboxylic acid groups (broad SMARTS) is 1. The van der Waals surface area contributed by atoms with E-state index in [1.807, 2.05) is 0 Å². The van der Waals surface area contributed by atoms with Gasteiger partial charge in [-0.25, -0.2) is 0 Å². The van der Waals surface area contributed by atoms with Crippen molar-refractivity contribution in [2.75, 3.05) is 5.75 Å². The average Bonchev–Trinajstić information content (AvgIpc) is 1.84. The van der Waals surface area contributed by atoms with Crippen LogP contribution in [0.1, 0.15) is 13.3 Å². The van der Waals surface area contributed by atoms with Crippen molar-refractivity contribution in [3.05, 3.63) is 0 Å². The number of aliphatic carboxylic acids is 1. The Balaban J connectivity index is 3.76. The summed E-state index contributed by atoms with van der Waals surface area (Å²) in [5.41, 5.74) is 0. The predicted octanol–water partition coefficient (Wildman–Crippen LogP) is 0.323. The lowest BCUT2D eigenvalue weighted by atomic mass is 10.3. The molecule has 1 atom stereocenters. The molecule has 1 N–H and O–H groups in total. The van der Waals surface area contributed by atoms with E-state index in [1.54, 1.807) is 0 Å². The van der Waals surface area contributed by atoms with Gasteiger partial charge in [-0.05, 0) is 0 Å². The van der Waals surface area contributed by atoms with Gasteiger partial charge in [0.2, 0.25) is 0 Å². The van der Waals surface area contributed by atoms with Crippen LogP contribution in [-0.2, 0) is 14.3 Å². The predicted molar refractivity (Wildman–Crippen MR) is 41.7 cm³/mol. The van der Waals surface area contributed by atoms with Crippen LogP contribution in [0.15, 0.2) is 0 Å². The Morgan fingerprint density at radius 3 is 2.45 bits per heavy atom. The van der Waals surface area contributed by atoms with E-state index >= 15 is 0 Å². The van der Waals surface area contributed by atoms with Crippen molar-refractivity contribution in [2.45, 2.75) is 19.4 Å². The van der Waals surface area contributed by atoms with Crippen LogP contribution in [0, 0.1) is 0 Å². The molecule has 0 aromatic heterocycles. The average molecular weight is 178 g/mol. The lowest BCUT2D eigenvalue weighted by molar-refractivity contribution is -0.149. The van der Waals surface area contributed by atoms with Crippen LogP contribution >= 0.6 is 12.6 Å². The first-order chi connectivity index (χ1) is 5.06. The van der Waals surface area contributed by atoms with Gasteiger partial charge in [0.1, 0.15) is 6.10 Å². The van der Waals surface area contributed by atoms with Crippen molar-refractivity contribution in [2.24, 2.45) is 0 Å². The second-order valence-corrected chi connectivity index (χ2v) is 2.38. The van der Waals surface area contributed by atoms with E-state index in [0.29, 0.717) is 0 Å². The molecule has 0 saturated carbocycles. The minimum atomic E-state index is -0.995. The van der Waals surface area contributed by atoms with E-state index in [-0.39, 0.29) is 12.2 Å². The zero-order valence-corrected chi connectivity index (χ0v) is 7.01. The molecule has 0 amide bonds. The highest BCUT2D eigenvalue weighted by atomic mass is 32.1. The molecule has 0 heterocycles. The van der Waals surface area contributed by atoms with Crippen LogP contribution < -0.4 is 0 Å². The molecular weight excluding hydrogens is 168 g/mol. The van der Waals surface area contributed by atoms with E-state index in [1.165, 1.54) is 6.92 Å². The first-order valence-electron chi connectivity index (χ1n) is 3.06. The smallest absolute Gasteiger partial charge is 0.307 e. The van der Waals surface area contributed by atoms with Crippen LogP contribution in [0.3, 0.4) is 0 Å². The first-order valence-corrected chi connectivity index (χ1v) is 3.69. The molecule has 0 unspecified atom stereocenters. The topological polar surface area (TPSA) is 63.6 Å².